The van der Waals surface area contributed by atoms with Gasteiger partial charge in [-0.2, -0.15) is 8.78 Å². The van der Waals surface area contributed by atoms with Crippen LogP contribution >= 0.6 is 10.2 Å². The second-order valence-electron chi connectivity index (χ2n) is 7.98. The zero-order valence-corrected chi connectivity index (χ0v) is 18.8. The van der Waals surface area contributed by atoms with E-state index in [0.29, 0.717) is 5.56 Å². The van der Waals surface area contributed by atoms with Crippen molar-refractivity contribution in [2.75, 3.05) is 0 Å². The van der Waals surface area contributed by atoms with Gasteiger partial charge in [-0.3, -0.25) is 0 Å². The minimum absolute atomic E-state index is 0.112. The summed E-state index contributed by atoms with van der Waals surface area (Å²) < 4.78 is 112. The van der Waals surface area contributed by atoms with Crippen LogP contribution in [0, 0.1) is 33.5 Å². The van der Waals surface area contributed by atoms with Crippen molar-refractivity contribution in [2.24, 2.45) is 0 Å². The molecular weight excluding hydrogens is 476 g/mol. The molecule has 0 N–H and O–H groups in total. The fourth-order valence-corrected chi connectivity index (χ4v) is 4.59. The van der Waals surface area contributed by atoms with Crippen molar-refractivity contribution in [3.8, 4) is 16.9 Å². The molecule has 1 nitrogen and oxygen atoms in total. The Hall–Kier alpha value is -2.75. The van der Waals surface area contributed by atoms with Gasteiger partial charge in [-0.05, 0) is 73.7 Å². The molecule has 0 radical (unpaired) electrons. The van der Waals surface area contributed by atoms with Gasteiger partial charge in [0, 0.05) is 6.07 Å². The standard InChI is InChI=1S/C23H20F8OS/c1-13-9-15(3)22(16(4)10-13)17-5-7-19(14(2)11-17)23(25,26)32-18-6-8-21(20(24)12-18)33(27,28,29,30)31/h5-12H,1-4H3. The highest BCUT2D eigenvalue weighted by molar-refractivity contribution is 8.45. The van der Waals surface area contributed by atoms with Crippen LogP contribution in [0.15, 0.2) is 53.4 Å². The lowest BCUT2D eigenvalue weighted by molar-refractivity contribution is -0.185. The average molecular weight is 496 g/mol. The molecule has 0 bridgehead atoms. The van der Waals surface area contributed by atoms with Gasteiger partial charge >= 0.3 is 16.3 Å². The van der Waals surface area contributed by atoms with Crippen molar-refractivity contribution >= 4 is 10.2 Å². The molecule has 0 saturated heterocycles. The van der Waals surface area contributed by atoms with Crippen molar-refractivity contribution in [1.82, 2.24) is 0 Å². The fraction of sp³-hybridized carbons (Fsp3) is 0.217. The fourth-order valence-electron chi connectivity index (χ4n) is 3.84. The first kappa shape index (κ1) is 24.9. The summed E-state index contributed by atoms with van der Waals surface area (Å²) in [5.74, 6) is -3.43. The van der Waals surface area contributed by atoms with Crippen molar-refractivity contribution in [1.29, 1.82) is 0 Å². The molecule has 3 rings (SSSR count). The number of aryl methyl sites for hydroxylation is 4. The highest BCUT2D eigenvalue weighted by Gasteiger charge is 2.67. The summed E-state index contributed by atoms with van der Waals surface area (Å²) in [6, 6.07) is 7.75. The van der Waals surface area contributed by atoms with Gasteiger partial charge in [0.2, 0.25) is 0 Å². The molecule has 3 aromatic carbocycles. The van der Waals surface area contributed by atoms with E-state index in [1.807, 2.05) is 32.9 Å². The Morgan fingerprint density at radius 3 is 1.79 bits per heavy atom. The molecule has 0 heterocycles. The van der Waals surface area contributed by atoms with Crippen LogP contribution in [-0.4, -0.2) is 0 Å². The van der Waals surface area contributed by atoms with Crippen LogP contribution in [0.2, 0.25) is 0 Å². The van der Waals surface area contributed by atoms with Gasteiger partial charge in [0.1, 0.15) is 16.5 Å². The van der Waals surface area contributed by atoms with Crippen LogP contribution in [0.1, 0.15) is 27.8 Å². The molecule has 0 saturated carbocycles. The quantitative estimate of drug-likeness (QED) is 0.320. The molecule has 0 aromatic heterocycles. The second kappa shape index (κ2) is 7.12. The monoisotopic (exact) mass is 496 g/mol. The van der Waals surface area contributed by atoms with Crippen molar-refractivity contribution in [3.05, 3.63) is 82.2 Å². The number of halogens is 8. The summed E-state index contributed by atoms with van der Waals surface area (Å²) in [7, 11) is -10.3. The van der Waals surface area contributed by atoms with Gasteiger partial charge in [0.25, 0.3) is 0 Å². The SMILES string of the molecule is Cc1cc(C)c(-c2ccc(C(F)(F)Oc3ccc(S(F)(F)(F)(F)F)c(F)c3)c(C)c2)c(C)c1. The number of hydrogen-bond donors (Lipinski definition) is 0. The van der Waals surface area contributed by atoms with Crippen molar-refractivity contribution < 1.29 is 37.3 Å². The van der Waals surface area contributed by atoms with Crippen LogP contribution in [0.4, 0.5) is 32.6 Å². The molecule has 0 spiro atoms. The minimum Gasteiger partial charge on any atom is -0.429 e. The lowest BCUT2D eigenvalue weighted by Gasteiger charge is -2.40. The zero-order valence-electron chi connectivity index (χ0n) is 18.0. The summed E-state index contributed by atoms with van der Waals surface area (Å²) in [5.41, 5.74) is 3.99. The van der Waals surface area contributed by atoms with E-state index < -0.39 is 38.4 Å². The lowest BCUT2D eigenvalue weighted by Crippen LogP contribution is -2.23. The molecule has 0 unspecified atom stereocenters. The number of hydrogen-bond acceptors (Lipinski definition) is 1. The van der Waals surface area contributed by atoms with E-state index in [0.717, 1.165) is 28.3 Å². The summed E-state index contributed by atoms with van der Waals surface area (Å²) in [5, 5.41) is 0. The maximum Gasteiger partial charge on any atom is 0.426 e. The first-order valence-electron chi connectivity index (χ1n) is 9.58. The van der Waals surface area contributed by atoms with E-state index in [4.69, 9.17) is 0 Å². The Kier molecular flexibility index (Phi) is 5.37. The van der Waals surface area contributed by atoms with Gasteiger partial charge in [0.15, 0.2) is 0 Å². The number of alkyl halides is 2. The molecule has 3 aromatic rings. The van der Waals surface area contributed by atoms with Crippen molar-refractivity contribution in [3.63, 3.8) is 0 Å². The largest absolute Gasteiger partial charge is 0.429 e. The Labute approximate surface area is 185 Å². The van der Waals surface area contributed by atoms with Crippen LogP contribution in [0.3, 0.4) is 0 Å². The van der Waals surface area contributed by atoms with Gasteiger partial charge in [-0.25, -0.2) is 4.39 Å². The normalized spacial score (nSPS) is 14.5. The number of ether oxygens (including phenoxy) is 1. The molecule has 0 atom stereocenters. The average Bonchev–Trinajstić information content (AvgIpc) is 2.57. The minimum atomic E-state index is -10.3. The highest BCUT2D eigenvalue weighted by Crippen LogP contribution is 3.02. The molecule has 0 amide bonds. The number of rotatable bonds is 5. The second-order valence-corrected chi connectivity index (χ2v) is 10.4. The third-order valence-electron chi connectivity index (χ3n) is 5.07. The van der Waals surface area contributed by atoms with Gasteiger partial charge < -0.3 is 4.74 Å². The number of benzene rings is 3. The van der Waals surface area contributed by atoms with E-state index >= 15 is 0 Å². The van der Waals surface area contributed by atoms with E-state index in [-0.39, 0.29) is 23.8 Å². The lowest BCUT2D eigenvalue weighted by atomic mass is 9.92. The first-order valence-corrected chi connectivity index (χ1v) is 11.5. The molecular formula is C23H20F8OS. The predicted octanol–water partition coefficient (Wildman–Crippen LogP) is 9.51. The third-order valence-corrected chi connectivity index (χ3v) is 6.23. The van der Waals surface area contributed by atoms with Crippen molar-refractivity contribution in [2.45, 2.75) is 38.7 Å². The van der Waals surface area contributed by atoms with Crippen LogP contribution in [0.5, 0.6) is 5.75 Å². The molecule has 0 aliphatic heterocycles. The first-order chi connectivity index (χ1) is 14.8. The van der Waals surface area contributed by atoms with Gasteiger partial charge in [-0.15, -0.1) is 0 Å². The topological polar surface area (TPSA) is 9.23 Å². The molecule has 10 heteroatoms. The molecule has 0 fully saturated rings. The third kappa shape index (κ3) is 5.26. The van der Waals surface area contributed by atoms with Crippen LogP contribution < -0.4 is 4.74 Å². The smallest absolute Gasteiger partial charge is 0.426 e. The van der Waals surface area contributed by atoms with E-state index in [1.165, 1.54) is 19.1 Å². The maximum atomic E-state index is 14.8. The summed E-state index contributed by atoms with van der Waals surface area (Å²) in [6.07, 6.45) is -4.07. The maximum absolute atomic E-state index is 14.8. The summed E-state index contributed by atoms with van der Waals surface area (Å²) in [6.45, 7) is 7.11. The Balaban J connectivity index is 1.95. The molecule has 0 aliphatic rings. The van der Waals surface area contributed by atoms with Gasteiger partial charge in [-0.1, -0.05) is 49.3 Å². The molecule has 0 aliphatic carbocycles. The van der Waals surface area contributed by atoms with Crippen LogP contribution in [0.25, 0.3) is 11.1 Å². The highest BCUT2D eigenvalue weighted by atomic mass is 32.5. The van der Waals surface area contributed by atoms with E-state index in [9.17, 15) is 32.6 Å². The predicted molar refractivity (Wildman–Crippen MR) is 113 cm³/mol. The summed E-state index contributed by atoms with van der Waals surface area (Å²) in [4.78, 5) is -2.80. The van der Waals surface area contributed by atoms with E-state index in [1.54, 1.807) is 0 Å². The Morgan fingerprint density at radius 1 is 0.727 bits per heavy atom. The Bertz CT molecular complexity index is 1230. The summed E-state index contributed by atoms with van der Waals surface area (Å²) >= 11 is 0. The van der Waals surface area contributed by atoms with Gasteiger partial charge in [0.05, 0.1) is 5.56 Å². The Morgan fingerprint density at radius 2 is 1.30 bits per heavy atom. The van der Waals surface area contributed by atoms with E-state index in [2.05, 4.69) is 4.74 Å². The molecule has 180 valence electrons. The van der Waals surface area contributed by atoms with Crippen LogP contribution in [-0.2, 0) is 6.11 Å². The molecule has 33 heavy (non-hydrogen) atoms. The zero-order chi connectivity index (χ0) is 25.0.